The summed E-state index contributed by atoms with van der Waals surface area (Å²) in [5.41, 5.74) is 1.18. The molecule has 0 N–H and O–H groups in total. The van der Waals surface area contributed by atoms with E-state index in [-0.39, 0.29) is 12.5 Å². The van der Waals surface area contributed by atoms with Gasteiger partial charge in [0.2, 0.25) is 0 Å². The van der Waals surface area contributed by atoms with E-state index in [4.69, 9.17) is 29.6 Å². The number of rotatable bonds is 2. The van der Waals surface area contributed by atoms with Crippen LogP contribution in [0.1, 0.15) is 10.4 Å². The Kier molecular flexibility index (Phi) is 5.12. The highest BCUT2D eigenvalue weighted by Gasteiger charge is 2.13. The van der Waals surface area contributed by atoms with Crippen molar-refractivity contribution in [1.29, 1.82) is 0 Å². The van der Waals surface area contributed by atoms with Crippen molar-refractivity contribution in [3.05, 3.63) is 61.3 Å². The molecule has 0 unspecified atom stereocenters. The molecule has 0 radical (unpaired) electrons. The van der Waals surface area contributed by atoms with Crippen molar-refractivity contribution >= 4 is 66.6 Å². The number of carbonyl (C=O) groups is 1. The van der Waals surface area contributed by atoms with Gasteiger partial charge in [-0.15, -0.1) is 6.42 Å². The van der Waals surface area contributed by atoms with Gasteiger partial charge in [-0.1, -0.05) is 56.4 Å². The molecule has 0 bridgehead atoms. The van der Waals surface area contributed by atoms with Crippen molar-refractivity contribution in [1.82, 2.24) is 4.57 Å². The summed E-state index contributed by atoms with van der Waals surface area (Å²) in [4.78, 5) is 17.1. The van der Waals surface area contributed by atoms with Gasteiger partial charge in [0.15, 0.2) is 4.80 Å². The molecule has 0 fully saturated rings. The molecule has 2 aromatic carbocycles. The Hall–Kier alpha value is -1.58. The number of terminal acetylenes is 1. The van der Waals surface area contributed by atoms with Crippen molar-refractivity contribution in [2.45, 2.75) is 6.54 Å². The van der Waals surface area contributed by atoms with Crippen LogP contribution in [0.25, 0.3) is 10.2 Å². The van der Waals surface area contributed by atoms with Crippen molar-refractivity contribution in [2.24, 2.45) is 4.99 Å². The van der Waals surface area contributed by atoms with Gasteiger partial charge >= 0.3 is 0 Å². The number of halogens is 3. The molecule has 120 valence electrons. The molecule has 0 aliphatic carbocycles. The molecule has 3 rings (SSSR count). The Bertz CT molecular complexity index is 1050. The Labute approximate surface area is 160 Å². The van der Waals surface area contributed by atoms with Crippen LogP contribution in [-0.4, -0.2) is 10.5 Å². The fourth-order valence-electron chi connectivity index (χ4n) is 2.17. The second-order valence-electron chi connectivity index (χ2n) is 4.81. The normalized spacial score (nSPS) is 11.7. The summed E-state index contributed by atoms with van der Waals surface area (Å²) in [7, 11) is 0. The van der Waals surface area contributed by atoms with Crippen LogP contribution in [0.15, 0.2) is 45.9 Å². The van der Waals surface area contributed by atoms with Crippen LogP contribution in [0, 0.1) is 12.3 Å². The second kappa shape index (κ2) is 7.12. The number of aromatic nitrogens is 1. The Morgan fingerprint density at radius 2 is 1.96 bits per heavy atom. The van der Waals surface area contributed by atoms with Crippen molar-refractivity contribution in [3.63, 3.8) is 0 Å². The first-order valence-electron chi connectivity index (χ1n) is 6.76. The van der Waals surface area contributed by atoms with Crippen LogP contribution in [0.4, 0.5) is 0 Å². The van der Waals surface area contributed by atoms with E-state index in [1.165, 1.54) is 11.3 Å². The highest BCUT2D eigenvalue weighted by atomic mass is 79.9. The van der Waals surface area contributed by atoms with E-state index in [1.807, 2.05) is 6.07 Å². The number of carbonyl (C=O) groups excluding carboxylic acids is 1. The first-order chi connectivity index (χ1) is 11.5. The lowest BCUT2D eigenvalue weighted by Gasteiger charge is -2.03. The van der Waals surface area contributed by atoms with Crippen LogP contribution >= 0.6 is 50.5 Å². The number of amides is 1. The zero-order valence-corrected chi connectivity index (χ0v) is 16.0. The molecular weight excluding hydrogens is 431 g/mol. The molecule has 3 aromatic rings. The minimum Gasteiger partial charge on any atom is -0.303 e. The molecule has 0 atom stereocenters. The average molecular weight is 440 g/mol. The van der Waals surface area contributed by atoms with Gasteiger partial charge in [-0.3, -0.25) is 4.79 Å². The third kappa shape index (κ3) is 3.28. The van der Waals surface area contributed by atoms with Gasteiger partial charge in [-0.25, -0.2) is 0 Å². The SMILES string of the molecule is C#CCn1c(=NC(=O)c2ccc(Br)cc2)sc2ccc(Cl)c(Cl)c21. The quantitative estimate of drug-likeness (QED) is 0.508. The van der Waals surface area contributed by atoms with E-state index in [1.54, 1.807) is 34.9 Å². The van der Waals surface area contributed by atoms with Gasteiger partial charge in [0.05, 0.1) is 26.8 Å². The Balaban J connectivity index is 2.20. The van der Waals surface area contributed by atoms with Gasteiger partial charge in [-0.05, 0) is 36.4 Å². The largest absolute Gasteiger partial charge is 0.303 e. The van der Waals surface area contributed by atoms with E-state index in [9.17, 15) is 4.79 Å². The summed E-state index contributed by atoms with van der Waals surface area (Å²) in [5, 5.41) is 0.830. The van der Waals surface area contributed by atoms with Crippen LogP contribution < -0.4 is 4.80 Å². The topological polar surface area (TPSA) is 34.4 Å². The number of fused-ring (bicyclic) bond motifs is 1. The number of hydrogen-bond donors (Lipinski definition) is 0. The lowest BCUT2D eigenvalue weighted by Crippen LogP contribution is -2.16. The molecule has 0 aliphatic heterocycles. The van der Waals surface area contributed by atoms with E-state index < -0.39 is 0 Å². The first-order valence-corrected chi connectivity index (χ1v) is 9.13. The Morgan fingerprint density at radius 3 is 2.62 bits per heavy atom. The van der Waals surface area contributed by atoms with Crippen LogP contribution in [0.2, 0.25) is 10.0 Å². The monoisotopic (exact) mass is 438 g/mol. The molecule has 0 spiro atoms. The fourth-order valence-corrected chi connectivity index (χ4v) is 3.95. The van der Waals surface area contributed by atoms with Gasteiger partial charge in [0.25, 0.3) is 5.91 Å². The molecule has 0 aliphatic rings. The first kappa shape index (κ1) is 17.2. The van der Waals surface area contributed by atoms with Crippen LogP contribution in [0.5, 0.6) is 0 Å². The lowest BCUT2D eigenvalue weighted by atomic mass is 10.2. The van der Waals surface area contributed by atoms with E-state index in [2.05, 4.69) is 26.8 Å². The zero-order valence-electron chi connectivity index (χ0n) is 12.1. The third-order valence-electron chi connectivity index (χ3n) is 3.27. The summed E-state index contributed by atoms with van der Waals surface area (Å²) in [6.45, 7) is 0.243. The van der Waals surface area contributed by atoms with Crippen LogP contribution in [-0.2, 0) is 6.54 Å². The summed E-state index contributed by atoms with van der Waals surface area (Å²) in [6, 6.07) is 10.5. The number of hydrogen-bond acceptors (Lipinski definition) is 2. The van der Waals surface area contributed by atoms with E-state index in [0.29, 0.717) is 25.9 Å². The Morgan fingerprint density at radius 1 is 1.25 bits per heavy atom. The van der Waals surface area contributed by atoms with E-state index in [0.717, 1.165) is 9.17 Å². The predicted octanol–water partition coefficient (Wildman–Crippen LogP) is 5.15. The predicted molar refractivity (Wildman–Crippen MR) is 103 cm³/mol. The van der Waals surface area contributed by atoms with Gasteiger partial charge in [-0.2, -0.15) is 4.99 Å². The molecule has 1 aromatic heterocycles. The van der Waals surface area contributed by atoms with Crippen LogP contribution in [0.3, 0.4) is 0 Å². The molecule has 1 amide bonds. The minimum atomic E-state index is -0.345. The number of thiazole rings is 1. The third-order valence-corrected chi connectivity index (χ3v) is 5.64. The van der Waals surface area contributed by atoms with Gasteiger partial charge in [0, 0.05) is 10.0 Å². The average Bonchev–Trinajstić information content (AvgIpc) is 2.90. The molecule has 1 heterocycles. The maximum atomic E-state index is 12.4. The standard InChI is InChI=1S/C17H9BrCl2N2OS/c1-2-9-22-15-13(8-7-12(19)14(15)20)24-17(22)21-16(23)10-3-5-11(18)6-4-10/h1,3-8H,9H2. The fraction of sp³-hybridized carbons (Fsp3) is 0.0588. The summed E-state index contributed by atoms with van der Waals surface area (Å²) in [5.74, 6) is 2.21. The molecule has 24 heavy (non-hydrogen) atoms. The molecule has 0 saturated carbocycles. The highest BCUT2D eigenvalue weighted by molar-refractivity contribution is 9.10. The molecular formula is C17H9BrCl2N2OS. The molecule has 3 nitrogen and oxygen atoms in total. The van der Waals surface area contributed by atoms with Crippen molar-refractivity contribution < 1.29 is 4.79 Å². The summed E-state index contributed by atoms with van der Waals surface area (Å²) >= 11 is 17.1. The van der Waals surface area contributed by atoms with Crippen molar-refractivity contribution in [2.75, 3.05) is 0 Å². The second-order valence-corrected chi connectivity index (χ2v) is 7.52. The van der Waals surface area contributed by atoms with E-state index >= 15 is 0 Å². The van der Waals surface area contributed by atoms with Crippen molar-refractivity contribution in [3.8, 4) is 12.3 Å². The number of benzene rings is 2. The maximum Gasteiger partial charge on any atom is 0.279 e. The maximum absolute atomic E-state index is 12.4. The van der Waals surface area contributed by atoms with Gasteiger partial charge in [0.1, 0.15) is 0 Å². The smallest absolute Gasteiger partial charge is 0.279 e. The highest BCUT2D eigenvalue weighted by Crippen LogP contribution is 2.32. The number of nitrogens with zero attached hydrogens (tertiary/aromatic N) is 2. The summed E-state index contributed by atoms with van der Waals surface area (Å²) in [6.07, 6.45) is 5.45. The van der Waals surface area contributed by atoms with Gasteiger partial charge < -0.3 is 4.57 Å². The molecule has 0 saturated heterocycles. The lowest BCUT2D eigenvalue weighted by molar-refractivity contribution is 0.0998. The zero-order chi connectivity index (χ0) is 17.3. The minimum absolute atomic E-state index is 0.243. The summed E-state index contributed by atoms with van der Waals surface area (Å²) < 4.78 is 3.48. The molecule has 7 heteroatoms.